The van der Waals surface area contributed by atoms with Gasteiger partial charge >= 0.3 is 0 Å². The first-order chi connectivity index (χ1) is 9.18. The summed E-state index contributed by atoms with van der Waals surface area (Å²) >= 11 is 0. The van der Waals surface area contributed by atoms with Gasteiger partial charge in [-0.1, -0.05) is 24.3 Å². The fourth-order valence-electron chi connectivity index (χ4n) is 2.42. The highest BCUT2D eigenvalue weighted by Crippen LogP contribution is 2.17. The molecule has 0 radical (unpaired) electrons. The van der Waals surface area contributed by atoms with Crippen molar-refractivity contribution >= 4 is 5.57 Å². The van der Waals surface area contributed by atoms with Crippen LogP contribution in [-0.4, -0.2) is 9.97 Å². The predicted octanol–water partition coefficient (Wildman–Crippen LogP) is 4.45. The van der Waals surface area contributed by atoms with E-state index >= 15 is 0 Å². The number of unbranched alkanes of at least 4 members (excludes halogenated alkanes) is 1. The smallest absolute Gasteiger partial charge is 0.0927 e. The van der Waals surface area contributed by atoms with Crippen LogP contribution in [0.15, 0.2) is 36.8 Å². The number of aromatic amines is 1. The highest BCUT2D eigenvalue weighted by atomic mass is 14.9. The second-order valence-electron chi connectivity index (χ2n) is 5.10. The summed E-state index contributed by atoms with van der Waals surface area (Å²) in [7, 11) is 0. The molecule has 0 aliphatic heterocycles. The Kier molecular flexibility index (Phi) is 4.56. The van der Waals surface area contributed by atoms with Gasteiger partial charge in [0.25, 0.3) is 0 Å². The number of rotatable bonds is 5. The van der Waals surface area contributed by atoms with E-state index in [4.69, 9.17) is 0 Å². The van der Waals surface area contributed by atoms with Crippen LogP contribution in [0.3, 0.4) is 0 Å². The van der Waals surface area contributed by atoms with Gasteiger partial charge in [0.2, 0.25) is 0 Å². The van der Waals surface area contributed by atoms with Crippen LogP contribution in [0.4, 0.5) is 0 Å². The van der Waals surface area contributed by atoms with Crippen LogP contribution >= 0.6 is 0 Å². The molecular formula is C17H22N2. The van der Waals surface area contributed by atoms with E-state index in [9.17, 15) is 0 Å². The first-order valence-electron chi connectivity index (χ1n) is 6.89. The number of nitrogens with zero attached hydrogens (tertiary/aromatic N) is 1. The van der Waals surface area contributed by atoms with Gasteiger partial charge in [0.05, 0.1) is 12.0 Å². The summed E-state index contributed by atoms with van der Waals surface area (Å²) in [5.74, 6) is 0. The van der Waals surface area contributed by atoms with Crippen molar-refractivity contribution in [3.8, 4) is 0 Å². The highest BCUT2D eigenvalue weighted by molar-refractivity contribution is 5.59. The molecular weight excluding hydrogens is 232 g/mol. The lowest BCUT2D eigenvalue weighted by molar-refractivity contribution is 0.832. The van der Waals surface area contributed by atoms with Crippen LogP contribution in [0.1, 0.15) is 42.1 Å². The summed E-state index contributed by atoms with van der Waals surface area (Å²) in [4.78, 5) is 7.25. The molecule has 0 bridgehead atoms. The molecule has 0 spiro atoms. The zero-order valence-corrected chi connectivity index (χ0v) is 12.0. The number of hydrogen-bond donors (Lipinski definition) is 1. The second-order valence-corrected chi connectivity index (χ2v) is 5.10. The number of imidazole rings is 1. The first-order valence-corrected chi connectivity index (χ1v) is 6.89. The van der Waals surface area contributed by atoms with Gasteiger partial charge in [0, 0.05) is 6.20 Å². The van der Waals surface area contributed by atoms with E-state index in [1.54, 1.807) is 6.33 Å². The van der Waals surface area contributed by atoms with Crippen LogP contribution in [0.25, 0.3) is 5.57 Å². The first kappa shape index (κ1) is 13.6. The molecule has 0 amide bonds. The molecule has 0 fully saturated rings. The minimum atomic E-state index is 1.05. The van der Waals surface area contributed by atoms with Gasteiger partial charge in [-0.15, -0.1) is 0 Å². The van der Waals surface area contributed by atoms with Crippen LogP contribution in [-0.2, 0) is 6.42 Å². The molecule has 2 rings (SSSR count). The molecule has 0 saturated heterocycles. The van der Waals surface area contributed by atoms with Crippen molar-refractivity contribution in [2.24, 2.45) is 0 Å². The maximum absolute atomic E-state index is 4.26. The quantitative estimate of drug-likeness (QED) is 0.784. The number of aromatic nitrogens is 2. The molecule has 19 heavy (non-hydrogen) atoms. The average Bonchev–Trinajstić information content (AvgIpc) is 2.91. The van der Waals surface area contributed by atoms with Gasteiger partial charge in [-0.05, 0) is 62.3 Å². The van der Waals surface area contributed by atoms with Gasteiger partial charge in [0.1, 0.15) is 0 Å². The van der Waals surface area contributed by atoms with Crippen LogP contribution in [0.2, 0.25) is 0 Å². The van der Waals surface area contributed by atoms with Crippen molar-refractivity contribution in [2.75, 3.05) is 0 Å². The SMILES string of the molecule is C/C(=C\CCCc1c(C)cccc1C)c1c[nH]cn1. The van der Waals surface area contributed by atoms with Crippen LogP contribution in [0.5, 0.6) is 0 Å². The summed E-state index contributed by atoms with van der Waals surface area (Å²) in [5, 5.41) is 0. The number of allylic oxidation sites excluding steroid dienone is 2. The third kappa shape index (κ3) is 3.57. The maximum Gasteiger partial charge on any atom is 0.0927 e. The summed E-state index contributed by atoms with van der Waals surface area (Å²) in [6.45, 7) is 6.52. The fourth-order valence-corrected chi connectivity index (χ4v) is 2.42. The van der Waals surface area contributed by atoms with Crippen molar-refractivity contribution in [3.05, 3.63) is 59.2 Å². The molecule has 0 saturated carbocycles. The zero-order valence-electron chi connectivity index (χ0n) is 12.0. The van der Waals surface area contributed by atoms with Gasteiger partial charge in [0.15, 0.2) is 0 Å². The third-order valence-electron chi connectivity index (χ3n) is 3.63. The lowest BCUT2D eigenvalue weighted by Crippen LogP contribution is -1.93. The van der Waals surface area contributed by atoms with E-state index in [1.807, 2.05) is 6.20 Å². The lowest BCUT2D eigenvalue weighted by Gasteiger charge is -2.08. The second kappa shape index (κ2) is 6.37. The Morgan fingerprint density at radius 1 is 1.26 bits per heavy atom. The van der Waals surface area contributed by atoms with Crippen molar-refractivity contribution < 1.29 is 0 Å². The number of benzene rings is 1. The van der Waals surface area contributed by atoms with E-state index in [1.165, 1.54) is 28.7 Å². The van der Waals surface area contributed by atoms with E-state index < -0.39 is 0 Å². The number of aryl methyl sites for hydroxylation is 2. The summed E-state index contributed by atoms with van der Waals surface area (Å²) in [5.41, 5.74) is 6.63. The third-order valence-corrected chi connectivity index (χ3v) is 3.63. The molecule has 2 nitrogen and oxygen atoms in total. The largest absolute Gasteiger partial charge is 0.351 e. The summed E-state index contributed by atoms with van der Waals surface area (Å²) in [6.07, 6.45) is 9.40. The molecule has 0 atom stereocenters. The molecule has 100 valence electrons. The number of H-pyrrole nitrogens is 1. The van der Waals surface area contributed by atoms with Crippen LogP contribution in [0, 0.1) is 13.8 Å². The van der Waals surface area contributed by atoms with Crippen molar-refractivity contribution in [2.45, 2.75) is 40.0 Å². The Hall–Kier alpha value is -1.83. The van der Waals surface area contributed by atoms with Gasteiger partial charge in [-0.3, -0.25) is 0 Å². The summed E-state index contributed by atoms with van der Waals surface area (Å²) < 4.78 is 0. The molecule has 0 unspecified atom stereocenters. The van der Waals surface area contributed by atoms with Crippen molar-refractivity contribution in [1.82, 2.24) is 9.97 Å². The highest BCUT2D eigenvalue weighted by Gasteiger charge is 2.01. The average molecular weight is 254 g/mol. The molecule has 0 aliphatic carbocycles. The monoisotopic (exact) mass is 254 g/mol. The fraction of sp³-hybridized carbons (Fsp3) is 0.353. The predicted molar refractivity (Wildman–Crippen MR) is 81.1 cm³/mol. The lowest BCUT2D eigenvalue weighted by atomic mass is 9.97. The topological polar surface area (TPSA) is 28.7 Å². The normalized spacial score (nSPS) is 11.8. The van der Waals surface area contributed by atoms with Gasteiger partial charge in [-0.2, -0.15) is 0 Å². The van der Waals surface area contributed by atoms with Crippen LogP contribution < -0.4 is 0 Å². The molecule has 1 N–H and O–H groups in total. The Labute approximate surface area is 115 Å². The van der Waals surface area contributed by atoms with E-state index in [0.717, 1.165) is 18.5 Å². The standard InChI is InChI=1S/C17H22N2/c1-13-8-6-9-14(2)16(13)10-5-4-7-15(3)17-11-18-12-19-17/h6-9,11-12H,4-5,10H2,1-3H3,(H,18,19)/b15-7+. The van der Waals surface area contributed by atoms with E-state index in [-0.39, 0.29) is 0 Å². The minimum absolute atomic E-state index is 1.05. The molecule has 2 aromatic rings. The van der Waals surface area contributed by atoms with E-state index in [0.29, 0.717) is 0 Å². The zero-order chi connectivity index (χ0) is 13.7. The molecule has 2 heteroatoms. The number of hydrogen-bond acceptors (Lipinski definition) is 1. The maximum atomic E-state index is 4.26. The number of nitrogens with one attached hydrogen (secondary N) is 1. The Morgan fingerprint density at radius 3 is 2.63 bits per heavy atom. The van der Waals surface area contributed by atoms with Crippen molar-refractivity contribution in [1.29, 1.82) is 0 Å². The van der Waals surface area contributed by atoms with Crippen molar-refractivity contribution in [3.63, 3.8) is 0 Å². The van der Waals surface area contributed by atoms with E-state index in [2.05, 4.69) is 55.0 Å². The molecule has 1 heterocycles. The molecule has 1 aromatic carbocycles. The summed E-state index contributed by atoms with van der Waals surface area (Å²) in [6, 6.07) is 6.54. The Bertz CT molecular complexity index is 530. The van der Waals surface area contributed by atoms with Gasteiger partial charge < -0.3 is 4.98 Å². The molecule has 0 aliphatic rings. The Morgan fingerprint density at radius 2 is 2.00 bits per heavy atom. The molecule has 1 aromatic heterocycles. The minimum Gasteiger partial charge on any atom is -0.351 e. The van der Waals surface area contributed by atoms with Gasteiger partial charge in [-0.25, -0.2) is 4.98 Å². The Balaban J connectivity index is 1.89.